The number of urea groups is 1. The fourth-order valence-corrected chi connectivity index (χ4v) is 8.37. The third kappa shape index (κ3) is 3.93. The molecule has 1 heterocycles. The summed E-state index contributed by atoms with van der Waals surface area (Å²) in [7, 11) is -1.97. The molecule has 1 saturated heterocycles. The van der Waals surface area contributed by atoms with Crippen LogP contribution in [0.25, 0.3) is 0 Å². The number of methoxy groups -OCH3 is 1. The van der Waals surface area contributed by atoms with Gasteiger partial charge in [0, 0.05) is 24.7 Å². The molecule has 31 heavy (non-hydrogen) atoms. The van der Waals surface area contributed by atoms with Crippen molar-refractivity contribution in [3.63, 3.8) is 0 Å². The number of ether oxygens (including phenoxy) is 1. The lowest BCUT2D eigenvalue weighted by molar-refractivity contribution is -0.103. The molecule has 1 unspecified atom stereocenters. The molecule has 2 amide bonds. The zero-order valence-electron chi connectivity index (χ0n) is 18.2. The fourth-order valence-electron chi connectivity index (χ4n) is 6.90. The highest BCUT2D eigenvalue weighted by Gasteiger charge is 2.61. The van der Waals surface area contributed by atoms with Crippen molar-refractivity contribution in [2.75, 3.05) is 20.2 Å². The van der Waals surface area contributed by atoms with Crippen LogP contribution in [0.15, 0.2) is 29.2 Å². The summed E-state index contributed by atoms with van der Waals surface area (Å²) in [6.07, 6.45) is 10.0. The zero-order chi connectivity index (χ0) is 21.7. The Morgan fingerprint density at radius 1 is 1.10 bits per heavy atom. The average Bonchev–Trinajstić information content (AvgIpc) is 2.72. The van der Waals surface area contributed by atoms with Crippen molar-refractivity contribution >= 4 is 16.1 Å². The predicted molar refractivity (Wildman–Crippen MR) is 117 cm³/mol. The van der Waals surface area contributed by atoms with Gasteiger partial charge in [0.15, 0.2) is 0 Å². The van der Waals surface area contributed by atoms with Crippen molar-refractivity contribution in [2.24, 2.45) is 11.3 Å². The van der Waals surface area contributed by atoms with Gasteiger partial charge in [-0.2, -0.15) is 4.31 Å². The van der Waals surface area contributed by atoms with Gasteiger partial charge in [0.25, 0.3) is 0 Å². The summed E-state index contributed by atoms with van der Waals surface area (Å²) in [6, 6.07) is 6.41. The van der Waals surface area contributed by atoms with E-state index in [2.05, 4.69) is 10.6 Å². The van der Waals surface area contributed by atoms with Crippen LogP contribution in [0.3, 0.4) is 0 Å². The first-order valence-corrected chi connectivity index (χ1v) is 13.0. The number of hydrogen-bond acceptors (Lipinski definition) is 4. The Balaban J connectivity index is 1.13. The summed E-state index contributed by atoms with van der Waals surface area (Å²) in [5.41, 5.74) is 0.515. The standard InChI is InChI=1S/C23H33N3O4S/c1-30-19-4-6-20(7-5-19)31(28,29)26-11-8-18(9-12-26)24-21(27)25-23-14-17-3-2-10-22(13-17,15-23)16-23/h4-7,17-18H,2-3,8-16H2,1H3,(H2,24,25,27). The van der Waals surface area contributed by atoms with Crippen LogP contribution >= 0.6 is 0 Å². The van der Waals surface area contributed by atoms with Crippen molar-refractivity contribution in [1.82, 2.24) is 14.9 Å². The molecule has 8 heteroatoms. The zero-order valence-corrected chi connectivity index (χ0v) is 19.0. The van der Waals surface area contributed by atoms with E-state index in [0.717, 1.165) is 25.2 Å². The molecular weight excluding hydrogens is 414 g/mol. The molecule has 0 radical (unpaired) electrons. The Morgan fingerprint density at radius 3 is 2.45 bits per heavy atom. The normalized spacial score (nSPS) is 33.3. The molecule has 5 fully saturated rings. The Kier molecular flexibility index (Phi) is 5.20. The van der Waals surface area contributed by atoms with Crippen molar-refractivity contribution in [3.05, 3.63) is 24.3 Å². The first-order valence-electron chi connectivity index (χ1n) is 11.5. The fraction of sp³-hybridized carbons (Fsp3) is 0.696. The van der Waals surface area contributed by atoms with Crippen LogP contribution in [0.1, 0.15) is 57.8 Å². The van der Waals surface area contributed by atoms with Gasteiger partial charge in [-0.15, -0.1) is 0 Å². The van der Waals surface area contributed by atoms with E-state index in [1.54, 1.807) is 31.4 Å². The van der Waals surface area contributed by atoms with Crippen molar-refractivity contribution in [2.45, 2.75) is 74.3 Å². The summed E-state index contributed by atoms with van der Waals surface area (Å²) in [6.45, 7) is 0.825. The molecule has 4 aliphatic carbocycles. The minimum atomic E-state index is -3.53. The second-order valence-electron chi connectivity index (χ2n) is 10.3. The van der Waals surface area contributed by atoms with Gasteiger partial charge < -0.3 is 15.4 Å². The highest BCUT2D eigenvalue weighted by atomic mass is 32.2. The highest BCUT2D eigenvalue weighted by Crippen LogP contribution is 2.65. The molecule has 170 valence electrons. The monoisotopic (exact) mass is 447 g/mol. The molecule has 2 N–H and O–H groups in total. The number of rotatable bonds is 5. The van der Waals surface area contributed by atoms with Gasteiger partial charge in [-0.1, -0.05) is 12.8 Å². The molecule has 1 aliphatic heterocycles. The lowest BCUT2D eigenvalue weighted by Crippen LogP contribution is -2.68. The van der Waals surface area contributed by atoms with Crippen LogP contribution in [0.4, 0.5) is 4.79 Å². The molecule has 6 rings (SSSR count). The Morgan fingerprint density at radius 2 is 1.81 bits per heavy atom. The maximum atomic E-state index is 12.9. The molecule has 3 bridgehead atoms. The topological polar surface area (TPSA) is 87.7 Å². The number of hydrogen-bond donors (Lipinski definition) is 2. The molecule has 1 atom stereocenters. The quantitative estimate of drug-likeness (QED) is 0.725. The van der Waals surface area contributed by atoms with E-state index in [1.807, 2.05) is 0 Å². The minimum Gasteiger partial charge on any atom is -0.497 e. The van der Waals surface area contributed by atoms with Crippen LogP contribution in [-0.2, 0) is 10.0 Å². The van der Waals surface area contributed by atoms with E-state index in [4.69, 9.17) is 4.74 Å². The Bertz CT molecular complexity index is 927. The van der Waals surface area contributed by atoms with Gasteiger partial charge in [-0.25, -0.2) is 13.2 Å². The first kappa shape index (κ1) is 21.1. The molecule has 0 aromatic heterocycles. The second kappa shape index (κ2) is 7.66. The van der Waals surface area contributed by atoms with Gasteiger partial charge in [-0.3, -0.25) is 0 Å². The Labute approximate surface area is 185 Å². The highest BCUT2D eigenvalue weighted by molar-refractivity contribution is 7.89. The number of piperidine rings is 1. The van der Waals surface area contributed by atoms with Crippen LogP contribution in [-0.4, -0.2) is 50.5 Å². The lowest BCUT2D eigenvalue weighted by Gasteiger charge is -2.65. The van der Waals surface area contributed by atoms with Gasteiger partial charge in [-0.05, 0) is 80.5 Å². The molecule has 1 spiro atoms. The summed E-state index contributed by atoms with van der Waals surface area (Å²) >= 11 is 0. The van der Waals surface area contributed by atoms with E-state index in [1.165, 1.54) is 30.0 Å². The van der Waals surface area contributed by atoms with Crippen LogP contribution in [0.5, 0.6) is 5.75 Å². The van der Waals surface area contributed by atoms with E-state index < -0.39 is 10.0 Å². The smallest absolute Gasteiger partial charge is 0.315 e. The van der Waals surface area contributed by atoms with E-state index in [0.29, 0.717) is 37.1 Å². The van der Waals surface area contributed by atoms with E-state index in [-0.39, 0.29) is 22.5 Å². The van der Waals surface area contributed by atoms with Gasteiger partial charge in [0.1, 0.15) is 5.75 Å². The molecule has 1 aromatic carbocycles. The van der Waals surface area contributed by atoms with E-state index in [9.17, 15) is 13.2 Å². The molecule has 7 nitrogen and oxygen atoms in total. The van der Waals surface area contributed by atoms with Gasteiger partial charge in [0.05, 0.1) is 12.0 Å². The predicted octanol–water partition coefficient (Wildman–Crippen LogP) is 3.26. The molecule has 4 saturated carbocycles. The molecule has 5 aliphatic rings. The van der Waals surface area contributed by atoms with Crippen LogP contribution < -0.4 is 15.4 Å². The molecular formula is C23H33N3O4S. The van der Waals surface area contributed by atoms with Crippen molar-refractivity contribution < 1.29 is 17.9 Å². The maximum absolute atomic E-state index is 12.9. The lowest BCUT2D eigenvalue weighted by atomic mass is 9.43. The number of nitrogens with one attached hydrogen (secondary N) is 2. The summed E-state index contributed by atoms with van der Waals surface area (Å²) in [5.74, 6) is 1.41. The third-order valence-corrected chi connectivity index (χ3v) is 9.93. The summed E-state index contributed by atoms with van der Waals surface area (Å²) < 4.78 is 32.4. The minimum absolute atomic E-state index is 0.00578. The van der Waals surface area contributed by atoms with Crippen LogP contribution in [0.2, 0.25) is 0 Å². The SMILES string of the molecule is COc1ccc(S(=O)(=O)N2CCC(NC(=O)NC34CC5CCCC(C5)(C3)C4)CC2)cc1. The number of carbonyl (C=O) groups excluding carboxylic acids is 1. The first-order chi connectivity index (χ1) is 14.8. The summed E-state index contributed by atoms with van der Waals surface area (Å²) in [4.78, 5) is 13.0. The van der Waals surface area contributed by atoms with Gasteiger partial charge in [0.2, 0.25) is 10.0 Å². The number of benzene rings is 1. The van der Waals surface area contributed by atoms with Crippen molar-refractivity contribution in [3.8, 4) is 5.75 Å². The largest absolute Gasteiger partial charge is 0.497 e. The number of carbonyl (C=O) groups is 1. The third-order valence-electron chi connectivity index (χ3n) is 8.01. The van der Waals surface area contributed by atoms with Gasteiger partial charge >= 0.3 is 6.03 Å². The second-order valence-corrected chi connectivity index (χ2v) is 12.2. The number of sulfonamides is 1. The Hall–Kier alpha value is -1.80. The average molecular weight is 448 g/mol. The number of amides is 2. The van der Waals surface area contributed by atoms with Crippen LogP contribution in [0, 0.1) is 11.3 Å². The van der Waals surface area contributed by atoms with E-state index >= 15 is 0 Å². The maximum Gasteiger partial charge on any atom is 0.315 e. The summed E-state index contributed by atoms with van der Waals surface area (Å²) in [5, 5.41) is 6.43. The number of nitrogens with zero attached hydrogens (tertiary/aromatic N) is 1. The van der Waals surface area contributed by atoms with Crippen molar-refractivity contribution in [1.29, 1.82) is 0 Å². The molecule has 1 aromatic rings.